The van der Waals surface area contributed by atoms with Gasteiger partial charge in [-0.25, -0.2) is 14.2 Å². The van der Waals surface area contributed by atoms with Crippen molar-refractivity contribution in [3.63, 3.8) is 0 Å². The first-order chi connectivity index (χ1) is 14.0. The third-order valence-corrected chi connectivity index (χ3v) is 5.01. The van der Waals surface area contributed by atoms with Crippen LogP contribution < -0.4 is 10.9 Å². The van der Waals surface area contributed by atoms with Gasteiger partial charge in [0.1, 0.15) is 11.4 Å². The minimum atomic E-state index is -0.479. The van der Waals surface area contributed by atoms with Gasteiger partial charge in [-0.3, -0.25) is 4.79 Å². The molecule has 4 aromatic rings. The fourth-order valence-corrected chi connectivity index (χ4v) is 3.64. The molecule has 0 fully saturated rings. The summed E-state index contributed by atoms with van der Waals surface area (Å²) in [5.74, 6) is 0.439. The van der Waals surface area contributed by atoms with Gasteiger partial charge in [0.05, 0.1) is 6.20 Å². The first-order valence-corrected chi connectivity index (χ1v) is 9.65. The molecule has 4 rings (SSSR count). The van der Waals surface area contributed by atoms with E-state index in [0.717, 1.165) is 16.5 Å². The van der Waals surface area contributed by atoms with Crippen molar-refractivity contribution in [2.45, 2.75) is 17.9 Å². The molecule has 0 radical (unpaired) electrons. The molecule has 0 saturated carbocycles. The number of benzene rings is 2. The van der Waals surface area contributed by atoms with E-state index in [1.54, 1.807) is 36.5 Å². The number of hydrogen-bond donors (Lipinski definition) is 1. The van der Waals surface area contributed by atoms with Gasteiger partial charge < -0.3 is 14.2 Å². The van der Waals surface area contributed by atoms with Crippen LogP contribution in [-0.4, -0.2) is 10.9 Å². The predicted molar refractivity (Wildman–Crippen MR) is 108 cm³/mol. The van der Waals surface area contributed by atoms with E-state index in [4.69, 9.17) is 8.83 Å². The normalized spacial score (nSPS) is 11.0. The van der Waals surface area contributed by atoms with E-state index < -0.39 is 5.63 Å². The molecule has 2 aromatic carbocycles. The maximum Gasteiger partial charge on any atom is 0.336 e. The Morgan fingerprint density at radius 3 is 2.69 bits per heavy atom. The first-order valence-electron chi connectivity index (χ1n) is 8.67. The van der Waals surface area contributed by atoms with E-state index in [2.05, 4.69) is 10.3 Å². The van der Waals surface area contributed by atoms with E-state index >= 15 is 0 Å². The van der Waals surface area contributed by atoms with Gasteiger partial charge in [-0.1, -0.05) is 11.8 Å². The van der Waals surface area contributed by atoms with Gasteiger partial charge in [-0.2, -0.15) is 0 Å². The zero-order chi connectivity index (χ0) is 20.4. The number of oxazole rings is 1. The smallest absolute Gasteiger partial charge is 0.336 e. The van der Waals surface area contributed by atoms with Gasteiger partial charge in [0, 0.05) is 41.4 Å². The zero-order valence-corrected chi connectivity index (χ0v) is 16.1. The summed E-state index contributed by atoms with van der Waals surface area (Å²) < 4.78 is 24.0. The molecule has 0 unspecified atom stereocenters. The van der Waals surface area contributed by atoms with Crippen LogP contribution in [0.2, 0.25) is 0 Å². The van der Waals surface area contributed by atoms with Crippen molar-refractivity contribution in [1.29, 1.82) is 0 Å². The van der Waals surface area contributed by atoms with Gasteiger partial charge in [0.15, 0.2) is 5.76 Å². The molecule has 0 aliphatic rings. The predicted octanol–water partition coefficient (Wildman–Crippen LogP) is 4.84. The molecule has 0 saturated heterocycles. The maximum absolute atomic E-state index is 13.1. The highest BCUT2D eigenvalue weighted by Gasteiger charge is 2.11. The minimum Gasteiger partial charge on any atom is -0.431 e. The molecule has 0 aliphatic carbocycles. The third kappa shape index (κ3) is 4.38. The fourth-order valence-electron chi connectivity index (χ4n) is 2.84. The SMILES string of the molecule is CC(=O)Nc1ccc2c(CSc3ncc(-c4ccc(F)cc4)o3)cc(=O)oc2c1. The molecule has 1 N–H and O–H groups in total. The number of rotatable bonds is 5. The van der Waals surface area contributed by atoms with E-state index in [1.807, 2.05) is 0 Å². The molecule has 0 bridgehead atoms. The Labute approximate surface area is 168 Å². The van der Waals surface area contributed by atoms with Crippen molar-refractivity contribution in [2.75, 3.05) is 5.32 Å². The van der Waals surface area contributed by atoms with Crippen molar-refractivity contribution < 1.29 is 18.0 Å². The van der Waals surface area contributed by atoms with Crippen molar-refractivity contribution in [1.82, 2.24) is 4.98 Å². The van der Waals surface area contributed by atoms with Crippen LogP contribution in [0.25, 0.3) is 22.3 Å². The molecule has 0 spiro atoms. The van der Waals surface area contributed by atoms with E-state index in [-0.39, 0.29) is 11.7 Å². The molecule has 2 aromatic heterocycles. The molecular formula is C21H15FN2O4S. The summed E-state index contributed by atoms with van der Waals surface area (Å²) in [4.78, 5) is 27.4. The second-order valence-electron chi connectivity index (χ2n) is 6.27. The molecule has 0 atom stereocenters. The largest absolute Gasteiger partial charge is 0.431 e. The number of carbonyl (C=O) groups is 1. The van der Waals surface area contributed by atoms with E-state index in [0.29, 0.717) is 28.0 Å². The van der Waals surface area contributed by atoms with Crippen LogP contribution >= 0.6 is 11.8 Å². The highest BCUT2D eigenvalue weighted by molar-refractivity contribution is 7.98. The average Bonchev–Trinajstić information content (AvgIpc) is 3.15. The number of fused-ring (bicyclic) bond motifs is 1. The summed E-state index contributed by atoms with van der Waals surface area (Å²) in [6.45, 7) is 1.41. The Balaban J connectivity index is 1.56. The summed E-state index contributed by atoms with van der Waals surface area (Å²) in [6, 6.07) is 12.5. The van der Waals surface area contributed by atoms with Crippen molar-refractivity contribution in [2.24, 2.45) is 0 Å². The van der Waals surface area contributed by atoms with Gasteiger partial charge in [-0.05, 0) is 42.0 Å². The molecule has 146 valence electrons. The number of nitrogens with zero attached hydrogens (tertiary/aromatic N) is 1. The second kappa shape index (κ2) is 7.92. The molecule has 29 heavy (non-hydrogen) atoms. The molecule has 0 aliphatic heterocycles. The molecule has 6 nitrogen and oxygen atoms in total. The summed E-state index contributed by atoms with van der Waals surface area (Å²) in [6.07, 6.45) is 1.58. The number of nitrogens with one attached hydrogen (secondary N) is 1. The highest BCUT2D eigenvalue weighted by Crippen LogP contribution is 2.30. The van der Waals surface area contributed by atoms with Gasteiger partial charge in [0.2, 0.25) is 5.91 Å². The van der Waals surface area contributed by atoms with Crippen LogP contribution in [-0.2, 0) is 10.5 Å². The highest BCUT2D eigenvalue weighted by atomic mass is 32.2. The standard InChI is InChI=1S/C21H15FN2O4S/c1-12(25)24-16-6-7-17-14(8-20(26)27-18(17)9-16)11-29-21-23-10-19(28-21)13-2-4-15(22)5-3-13/h2-10H,11H2,1H3,(H,24,25). The Morgan fingerprint density at radius 1 is 1.14 bits per heavy atom. The van der Waals surface area contributed by atoms with Crippen LogP contribution in [0.5, 0.6) is 0 Å². The second-order valence-corrected chi connectivity index (χ2v) is 7.20. The van der Waals surface area contributed by atoms with Crippen molar-refractivity contribution in [3.05, 3.63) is 76.5 Å². The topological polar surface area (TPSA) is 85.3 Å². The number of halogens is 1. The van der Waals surface area contributed by atoms with Crippen molar-refractivity contribution >= 4 is 34.3 Å². The fraction of sp³-hybridized carbons (Fsp3) is 0.0952. The Morgan fingerprint density at radius 2 is 1.93 bits per heavy atom. The number of carbonyl (C=O) groups excluding carboxylic acids is 1. The Hall–Kier alpha value is -3.39. The molecular weight excluding hydrogens is 395 g/mol. The lowest BCUT2D eigenvalue weighted by Crippen LogP contribution is -2.06. The monoisotopic (exact) mass is 410 g/mol. The third-order valence-electron chi connectivity index (χ3n) is 4.11. The van der Waals surface area contributed by atoms with Crippen LogP contribution in [0.3, 0.4) is 0 Å². The Kier molecular flexibility index (Phi) is 5.18. The molecule has 8 heteroatoms. The Bertz CT molecular complexity index is 1250. The van der Waals surface area contributed by atoms with E-state index in [1.165, 1.54) is 36.9 Å². The van der Waals surface area contributed by atoms with Crippen molar-refractivity contribution in [3.8, 4) is 11.3 Å². The minimum absolute atomic E-state index is 0.209. The number of anilines is 1. The number of hydrogen-bond acceptors (Lipinski definition) is 6. The summed E-state index contributed by atoms with van der Waals surface area (Å²) in [7, 11) is 0. The summed E-state index contributed by atoms with van der Waals surface area (Å²) >= 11 is 1.33. The summed E-state index contributed by atoms with van der Waals surface area (Å²) in [5, 5.41) is 3.85. The lowest BCUT2D eigenvalue weighted by atomic mass is 10.1. The zero-order valence-electron chi connectivity index (χ0n) is 15.3. The lowest BCUT2D eigenvalue weighted by Gasteiger charge is -2.06. The first kappa shape index (κ1) is 18.9. The van der Waals surface area contributed by atoms with Crippen LogP contribution in [0, 0.1) is 5.82 Å². The number of amides is 1. The maximum atomic E-state index is 13.1. The summed E-state index contributed by atoms with van der Waals surface area (Å²) in [5.41, 5.74) is 1.94. The average molecular weight is 410 g/mol. The van der Waals surface area contributed by atoms with Crippen LogP contribution in [0.4, 0.5) is 10.1 Å². The van der Waals surface area contributed by atoms with E-state index in [9.17, 15) is 14.0 Å². The van der Waals surface area contributed by atoms with Gasteiger partial charge >= 0.3 is 5.63 Å². The number of aromatic nitrogens is 1. The lowest BCUT2D eigenvalue weighted by molar-refractivity contribution is -0.114. The van der Waals surface area contributed by atoms with Gasteiger partial charge in [0.25, 0.3) is 5.22 Å². The number of thioether (sulfide) groups is 1. The quantitative estimate of drug-likeness (QED) is 0.374. The van der Waals surface area contributed by atoms with Crippen LogP contribution in [0.1, 0.15) is 12.5 Å². The molecule has 2 heterocycles. The van der Waals surface area contributed by atoms with Gasteiger partial charge in [-0.15, -0.1) is 0 Å². The molecule has 1 amide bonds. The van der Waals surface area contributed by atoms with Crippen LogP contribution in [0.15, 0.2) is 73.6 Å².